The van der Waals surface area contributed by atoms with Crippen LogP contribution in [0, 0.1) is 5.82 Å². The van der Waals surface area contributed by atoms with Crippen molar-refractivity contribution in [3.05, 3.63) is 60.3 Å². The van der Waals surface area contributed by atoms with Gasteiger partial charge in [0.25, 0.3) is 0 Å². The first kappa shape index (κ1) is 15.3. The Labute approximate surface area is 138 Å². The maximum atomic E-state index is 13.5. The number of nitrogens with zero attached hydrogens (tertiary/aromatic N) is 4. The van der Waals surface area contributed by atoms with Gasteiger partial charge in [0.1, 0.15) is 11.6 Å². The fourth-order valence-corrected chi connectivity index (χ4v) is 2.47. The molecule has 0 aliphatic rings. The van der Waals surface area contributed by atoms with Gasteiger partial charge in [-0.15, -0.1) is 0 Å². The molecule has 3 aromatic heterocycles. The predicted octanol–water partition coefficient (Wildman–Crippen LogP) is 4.18. The predicted molar refractivity (Wildman–Crippen MR) is 83.0 cm³/mol. The van der Waals surface area contributed by atoms with E-state index < -0.39 is 17.6 Å². The molecule has 0 saturated carbocycles. The van der Waals surface area contributed by atoms with Crippen molar-refractivity contribution in [3.8, 4) is 0 Å². The van der Waals surface area contributed by atoms with Crippen molar-refractivity contribution in [1.82, 2.24) is 19.4 Å². The molecule has 0 bridgehead atoms. The van der Waals surface area contributed by atoms with E-state index >= 15 is 0 Å². The highest BCUT2D eigenvalue weighted by molar-refractivity contribution is 5.84. The molecular formula is C16H9F4N5. The number of rotatable bonds is 2. The molecule has 0 spiro atoms. The highest BCUT2D eigenvalue weighted by atomic mass is 19.4. The molecule has 0 radical (unpaired) electrons. The third-order valence-electron chi connectivity index (χ3n) is 3.62. The van der Waals surface area contributed by atoms with Gasteiger partial charge in [-0.2, -0.15) is 13.2 Å². The summed E-state index contributed by atoms with van der Waals surface area (Å²) >= 11 is 0. The maximum absolute atomic E-state index is 13.5. The van der Waals surface area contributed by atoms with Gasteiger partial charge in [0.15, 0.2) is 11.5 Å². The molecular weight excluding hydrogens is 338 g/mol. The largest absolute Gasteiger partial charge is 0.417 e. The Morgan fingerprint density at radius 2 is 1.88 bits per heavy atom. The summed E-state index contributed by atoms with van der Waals surface area (Å²) < 4.78 is 53.0. The molecule has 0 atom stereocenters. The average Bonchev–Trinajstić information content (AvgIpc) is 3.04. The van der Waals surface area contributed by atoms with Crippen molar-refractivity contribution >= 4 is 28.3 Å². The number of imidazole rings is 1. The molecule has 4 aromatic rings. The minimum atomic E-state index is -4.46. The molecule has 3 heterocycles. The van der Waals surface area contributed by atoms with Crippen LogP contribution in [0.15, 0.2) is 48.9 Å². The Hall–Kier alpha value is -3.23. The van der Waals surface area contributed by atoms with E-state index in [2.05, 4.69) is 20.3 Å². The lowest BCUT2D eigenvalue weighted by Gasteiger charge is -2.10. The smallest absolute Gasteiger partial charge is 0.322 e. The van der Waals surface area contributed by atoms with Gasteiger partial charge in [0, 0.05) is 24.7 Å². The van der Waals surface area contributed by atoms with E-state index in [-0.39, 0.29) is 11.6 Å². The number of pyridine rings is 1. The zero-order valence-electron chi connectivity index (χ0n) is 12.4. The van der Waals surface area contributed by atoms with Gasteiger partial charge in [-0.25, -0.2) is 19.3 Å². The molecule has 126 valence electrons. The fraction of sp³-hybridized carbons (Fsp3) is 0.0625. The van der Waals surface area contributed by atoms with Crippen LogP contribution in [0.4, 0.5) is 29.2 Å². The van der Waals surface area contributed by atoms with E-state index in [4.69, 9.17) is 0 Å². The van der Waals surface area contributed by atoms with Gasteiger partial charge < -0.3 is 5.32 Å². The van der Waals surface area contributed by atoms with Crippen LogP contribution in [0.2, 0.25) is 0 Å². The first-order valence-corrected chi connectivity index (χ1v) is 7.14. The number of anilines is 2. The van der Waals surface area contributed by atoms with Crippen molar-refractivity contribution in [2.45, 2.75) is 6.18 Å². The lowest BCUT2D eigenvalue weighted by molar-refractivity contribution is -0.137. The topological polar surface area (TPSA) is 55.1 Å². The second-order valence-electron chi connectivity index (χ2n) is 5.27. The summed E-state index contributed by atoms with van der Waals surface area (Å²) in [6, 6.07) is 6.26. The third-order valence-corrected chi connectivity index (χ3v) is 3.62. The third kappa shape index (κ3) is 2.73. The van der Waals surface area contributed by atoms with Crippen LogP contribution in [0.3, 0.4) is 0 Å². The van der Waals surface area contributed by atoms with Crippen LogP contribution >= 0.6 is 0 Å². The van der Waals surface area contributed by atoms with Gasteiger partial charge in [-0.05, 0) is 24.3 Å². The van der Waals surface area contributed by atoms with Crippen molar-refractivity contribution < 1.29 is 17.6 Å². The van der Waals surface area contributed by atoms with Crippen LogP contribution in [-0.2, 0) is 6.18 Å². The first-order chi connectivity index (χ1) is 11.9. The molecule has 5 nitrogen and oxygen atoms in total. The molecule has 0 saturated heterocycles. The number of fused-ring (bicyclic) bond motifs is 3. The Morgan fingerprint density at radius 3 is 2.60 bits per heavy atom. The summed E-state index contributed by atoms with van der Waals surface area (Å²) in [6.45, 7) is 0. The quantitative estimate of drug-likeness (QED) is 0.553. The lowest BCUT2D eigenvalue weighted by Crippen LogP contribution is -2.06. The Balaban J connectivity index is 1.79. The Kier molecular flexibility index (Phi) is 3.31. The first-order valence-electron chi connectivity index (χ1n) is 7.14. The molecule has 9 heteroatoms. The Morgan fingerprint density at radius 1 is 1.04 bits per heavy atom. The van der Waals surface area contributed by atoms with Crippen LogP contribution in [0.1, 0.15) is 5.56 Å². The molecule has 25 heavy (non-hydrogen) atoms. The van der Waals surface area contributed by atoms with E-state index in [1.54, 1.807) is 22.9 Å². The van der Waals surface area contributed by atoms with Gasteiger partial charge in [-0.1, -0.05) is 0 Å². The molecule has 0 aliphatic carbocycles. The van der Waals surface area contributed by atoms with Gasteiger partial charge >= 0.3 is 6.18 Å². The summed E-state index contributed by atoms with van der Waals surface area (Å²) in [5.41, 5.74) is 0.623. The maximum Gasteiger partial charge on any atom is 0.417 e. The standard InChI is InChI=1S/C16H9F4N5/c17-10-2-3-12-11(7-10)23-14(15-21-5-6-25(12)15)24-13-4-1-9(8-22-13)16(18,19)20/h1-8H,(H,22,23,24). The molecule has 1 N–H and O–H groups in total. The normalized spacial score (nSPS) is 12.0. The minimum Gasteiger partial charge on any atom is -0.322 e. The van der Waals surface area contributed by atoms with E-state index in [1.165, 1.54) is 18.2 Å². The Bertz CT molecular complexity index is 1070. The molecule has 4 rings (SSSR count). The lowest BCUT2D eigenvalue weighted by atomic mass is 10.2. The van der Waals surface area contributed by atoms with Crippen LogP contribution in [0.25, 0.3) is 16.7 Å². The number of nitrogens with one attached hydrogen (secondary N) is 1. The summed E-state index contributed by atoms with van der Waals surface area (Å²) in [5, 5.41) is 2.83. The molecule has 0 aliphatic heterocycles. The monoisotopic (exact) mass is 347 g/mol. The van der Waals surface area contributed by atoms with Crippen molar-refractivity contribution in [2.75, 3.05) is 5.32 Å². The summed E-state index contributed by atoms with van der Waals surface area (Å²) in [7, 11) is 0. The summed E-state index contributed by atoms with van der Waals surface area (Å²) in [5.74, 6) is -0.0189. The number of hydrogen-bond donors (Lipinski definition) is 1. The molecule has 0 fully saturated rings. The highest BCUT2D eigenvalue weighted by Gasteiger charge is 2.30. The van der Waals surface area contributed by atoms with Crippen LogP contribution in [-0.4, -0.2) is 19.4 Å². The van der Waals surface area contributed by atoms with E-state index in [0.29, 0.717) is 16.7 Å². The second kappa shape index (κ2) is 5.40. The molecule has 1 aromatic carbocycles. The van der Waals surface area contributed by atoms with Crippen molar-refractivity contribution in [3.63, 3.8) is 0 Å². The summed E-state index contributed by atoms with van der Waals surface area (Å²) in [4.78, 5) is 12.2. The average molecular weight is 347 g/mol. The van der Waals surface area contributed by atoms with Crippen molar-refractivity contribution in [1.29, 1.82) is 0 Å². The fourth-order valence-electron chi connectivity index (χ4n) is 2.47. The second-order valence-corrected chi connectivity index (χ2v) is 5.27. The zero-order valence-corrected chi connectivity index (χ0v) is 12.4. The number of benzene rings is 1. The zero-order chi connectivity index (χ0) is 17.6. The van der Waals surface area contributed by atoms with Crippen molar-refractivity contribution in [2.24, 2.45) is 0 Å². The molecule has 0 unspecified atom stereocenters. The highest BCUT2D eigenvalue weighted by Crippen LogP contribution is 2.29. The number of halogens is 4. The van der Waals surface area contributed by atoms with Crippen LogP contribution in [0.5, 0.6) is 0 Å². The van der Waals surface area contributed by atoms with Gasteiger partial charge in [0.05, 0.1) is 16.6 Å². The minimum absolute atomic E-state index is 0.168. The number of alkyl halides is 3. The number of aromatic nitrogens is 4. The number of hydrogen-bond acceptors (Lipinski definition) is 4. The van der Waals surface area contributed by atoms with E-state index in [9.17, 15) is 17.6 Å². The van der Waals surface area contributed by atoms with Gasteiger partial charge in [0.2, 0.25) is 0 Å². The SMILES string of the molecule is Fc1ccc2c(c1)nc(Nc1ccc(C(F)(F)F)cn1)c1nccn12. The molecule has 0 amide bonds. The van der Waals surface area contributed by atoms with E-state index in [0.717, 1.165) is 12.3 Å². The van der Waals surface area contributed by atoms with Crippen LogP contribution < -0.4 is 5.32 Å². The summed E-state index contributed by atoms with van der Waals surface area (Å²) in [6.07, 6.45) is -0.500. The van der Waals surface area contributed by atoms with Gasteiger partial charge in [-0.3, -0.25) is 4.40 Å². The van der Waals surface area contributed by atoms with E-state index in [1.807, 2.05) is 0 Å².